The van der Waals surface area contributed by atoms with Gasteiger partial charge in [-0.05, 0) is 69.0 Å². The van der Waals surface area contributed by atoms with Crippen LogP contribution in [0.15, 0.2) is 24.4 Å². The Morgan fingerprint density at radius 3 is 2.50 bits per heavy atom. The quantitative estimate of drug-likeness (QED) is 0.495. The number of hydrogen-bond donors (Lipinski definition) is 1. The number of aryl methyl sites for hydroxylation is 2. The van der Waals surface area contributed by atoms with Crippen LogP contribution in [0.5, 0.6) is 0 Å². The van der Waals surface area contributed by atoms with Crippen LogP contribution < -0.4 is 5.32 Å². The molecular formula is C22H23FN6O2S. The van der Waals surface area contributed by atoms with Crippen molar-refractivity contribution in [2.45, 2.75) is 40.2 Å². The molecule has 1 N–H and O–H groups in total. The molecule has 0 unspecified atom stereocenters. The topological polar surface area (TPSA) is 94.7 Å². The Morgan fingerprint density at radius 2 is 1.81 bits per heavy atom. The van der Waals surface area contributed by atoms with Gasteiger partial charge in [-0.15, -0.1) is 10.2 Å². The fourth-order valence-electron chi connectivity index (χ4n) is 4.74. The van der Waals surface area contributed by atoms with Crippen LogP contribution in [0.3, 0.4) is 0 Å². The monoisotopic (exact) mass is 454 g/mol. The summed E-state index contributed by atoms with van der Waals surface area (Å²) in [6.45, 7) is 9.93. The Kier molecular flexibility index (Phi) is 4.11. The average molecular weight is 455 g/mol. The Bertz CT molecular complexity index is 1550. The van der Waals surface area contributed by atoms with Gasteiger partial charge in [0.2, 0.25) is 0 Å². The van der Waals surface area contributed by atoms with Gasteiger partial charge in [-0.3, -0.25) is 4.57 Å². The predicted molar refractivity (Wildman–Crippen MR) is 121 cm³/mol. The number of aromatic nitrogens is 5. The van der Waals surface area contributed by atoms with Gasteiger partial charge in [0, 0.05) is 11.5 Å². The maximum Gasteiger partial charge on any atom is 0.251 e. The first-order valence-electron chi connectivity index (χ1n) is 10.1. The minimum absolute atomic E-state index is 0.208. The number of benzene rings is 2. The first-order valence-corrected chi connectivity index (χ1v) is 12.0. The van der Waals surface area contributed by atoms with Gasteiger partial charge in [0.25, 0.3) is 10.0 Å². The van der Waals surface area contributed by atoms with Crippen molar-refractivity contribution in [1.29, 1.82) is 0 Å². The molecule has 0 spiro atoms. The van der Waals surface area contributed by atoms with Crippen molar-refractivity contribution in [2.75, 3.05) is 11.6 Å². The number of anilines is 1. The molecule has 0 amide bonds. The molecule has 4 aromatic rings. The summed E-state index contributed by atoms with van der Waals surface area (Å²) in [5, 5.41) is 16.8. The summed E-state index contributed by atoms with van der Waals surface area (Å²) in [4.78, 5) is 0. The molecule has 0 aliphatic carbocycles. The van der Waals surface area contributed by atoms with Crippen LogP contribution >= 0.6 is 0 Å². The predicted octanol–water partition coefficient (Wildman–Crippen LogP) is 3.82. The Labute approximate surface area is 185 Å². The van der Waals surface area contributed by atoms with Crippen molar-refractivity contribution >= 4 is 26.6 Å². The van der Waals surface area contributed by atoms with E-state index in [1.807, 2.05) is 45.3 Å². The Hall–Kier alpha value is -3.27. The van der Waals surface area contributed by atoms with E-state index in [9.17, 15) is 12.8 Å². The molecule has 10 heteroatoms. The van der Waals surface area contributed by atoms with Crippen molar-refractivity contribution in [1.82, 2.24) is 24.0 Å². The fraction of sp³-hybridized carbons (Fsp3) is 0.318. The van der Waals surface area contributed by atoms with Gasteiger partial charge < -0.3 is 5.32 Å². The van der Waals surface area contributed by atoms with E-state index in [1.165, 1.54) is 18.3 Å². The van der Waals surface area contributed by atoms with Crippen molar-refractivity contribution in [3.63, 3.8) is 0 Å². The SMILES string of the molecule is Cc1cc2c(c(C)c1-c1cc(F)cc3c1cnn3S(C)(=O)=O)-n1c(C)nnc1C(C)(C)N2. The second-order valence-corrected chi connectivity index (χ2v) is 10.7. The molecule has 5 rings (SSSR count). The van der Waals surface area contributed by atoms with Gasteiger partial charge in [0.15, 0.2) is 5.82 Å². The first-order chi connectivity index (χ1) is 14.9. The summed E-state index contributed by atoms with van der Waals surface area (Å²) in [6, 6.07) is 4.65. The second kappa shape index (κ2) is 6.38. The number of halogens is 1. The van der Waals surface area contributed by atoms with Crippen LogP contribution in [-0.2, 0) is 15.6 Å². The third-order valence-corrected chi connectivity index (χ3v) is 6.92. The molecular weight excluding hydrogens is 431 g/mol. The molecule has 3 heterocycles. The molecule has 0 saturated carbocycles. The number of fused-ring (bicyclic) bond motifs is 4. The van der Waals surface area contributed by atoms with Crippen molar-refractivity contribution in [2.24, 2.45) is 0 Å². The maximum absolute atomic E-state index is 14.7. The van der Waals surface area contributed by atoms with Crippen LogP contribution in [0.1, 0.15) is 36.6 Å². The van der Waals surface area contributed by atoms with E-state index < -0.39 is 21.4 Å². The third-order valence-electron chi connectivity index (χ3n) is 6.00. The molecule has 1 aliphatic rings. The summed E-state index contributed by atoms with van der Waals surface area (Å²) in [6.07, 6.45) is 2.52. The number of hydrogen-bond acceptors (Lipinski definition) is 6. The highest BCUT2D eigenvalue weighted by atomic mass is 32.2. The highest BCUT2D eigenvalue weighted by molar-refractivity contribution is 7.89. The molecule has 166 valence electrons. The minimum Gasteiger partial charge on any atom is -0.371 e. The molecule has 0 saturated heterocycles. The molecule has 0 radical (unpaired) electrons. The van der Waals surface area contributed by atoms with Gasteiger partial charge in [-0.1, -0.05) is 0 Å². The summed E-state index contributed by atoms with van der Waals surface area (Å²) in [5.41, 5.74) is 4.87. The summed E-state index contributed by atoms with van der Waals surface area (Å²) in [5.74, 6) is 1.01. The zero-order valence-corrected chi connectivity index (χ0v) is 19.5. The van der Waals surface area contributed by atoms with E-state index in [4.69, 9.17) is 0 Å². The lowest BCUT2D eigenvalue weighted by Gasteiger charge is -2.35. The fourth-order valence-corrected chi connectivity index (χ4v) is 5.47. The first kappa shape index (κ1) is 20.6. The lowest BCUT2D eigenvalue weighted by Crippen LogP contribution is -2.36. The Morgan fingerprint density at radius 1 is 1.09 bits per heavy atom. The molecule has 32 heavy (non-hydrogen) atoms. The smallest absolute Gasteiger partial charge is 0.251 e. The van der Waals surface area contributed by atoms with E-state index >= 15 is 0 Å². The molecule has 8 nitrogen and oxygen atoms in total. The highest BCUT2D eigenvalue weighted by Gasteiger charge is 2.36. The zero-order chi connectivity index (χ0) is 23.2. The van der Waals surface area contributed by atoms with E-state index in [-0.39, 0.29) is 5.52 Å². The van der Waals surface area contributed by atoms with Gasteiger partial charge >= 0.3 is 0 Å². The molecule has 0 fully saturated rings. The minimum atomic E-state index is -3.68. The van der Waals surface area contributed by atoms with E-state index in [2.05, 4.69) is 20.6 Å². The Balaban J connectivity index is 1.87. The van der Waals surface area contributed by atoms with Crippen LogP contribution in [0, 0.1) is 26.6 Å². The van der Waals surface area contributed by atoms with Crippen molar-refractivity contribution < 1.29 is 12.8 Å². The van der Waals surface area contributed by atoms with E-state index in [0.29, 0.717) is 10.9 Å². The zero-order valence-electron chi connectivity index (χ0n) is 18.6. The number of nitrogens with zero attached hydrogens (tertiary/aromatic N) is 5. The lowest BCUT2D eigenvalue weighted by atomic mass is 9.89. The standard InChI is InChI=1S/C22H23FN6O2S/c1-11-7-17-20(28-13(3)26-27-21(28)22(4,5)25-17)12(2)19(11)15-8-14(23)9-18-16(15)10-24-29(18)32(6,30)31/h7-10,25H,1-6H3. The van der Waals surface area contributed by atoms with Crippen LogP contribution in [0.2, 0.25) is 0 Å². The van der Waals surface area contributed by atoms with Crippen LogP contribution in [-0.4, -0.2) is 38.6 Å². The molecule has 2 aromatic heterocycles. The van der Waals surface area contributed by atoms with Crippen molar-refractivity contribution in [3.8, 4) is 16.8 Å². The summed E-state index contributed by atoms with van der Waals surface area (Å²) >= 11 is 0. The van der Waals surface area contributed by atoms with Gasteiger partial charge in [0.05, 0.1) is 34.9 Å². The lowest BCUT2D eigenvalue weighted by molar-refractivity contribution is 0.534. The number of nitrogens with one attached hydrogen (secondary N) is 1. The molecule has 1 aliphatic heterocycles. The number of rotatable bonds is 2. The molecule has 0 bridgehead atoms. The third kappa shape index (κ3) is 2.78. The van der Waals surface area contributed by atoms with E-state index in [0.717, 1.165) is 50.1 Å². The normalized spacial score (nSPS) is 14.8. The van der Waals surface area contributed by atoms with Crippen LogP contribution in [0.4, 0.5) is 10.1 Å². The second-order valence-electron chi connectivity index (χ2n) is 8.88. The van der Waals surface area contributed by atoms with Gasteiger partial charge in [-0.25, -0.2) is 12.8 Å². The molecule has 2 aromatic carbocycles. The maximum atomic E-state index is 14.7. The van der Waals surface area contributed by atoms with E-state index in [1.54, 1.807) is 0 Å². The molecule has 0 atom stereocenters. The van der Waals surface area contributed by atoms with Gasteiger partial charge in [-0.2, -0.15) is 9.19 Å². The largest absolute Gasteiger partial charge is 0.371 e. The summed E-state index contributed by atoms with van der Waals surface area (Å²) in [7, 11) is -3.68. The highest BCUT2D eigenvalue weighted by Crippen LogP contribution is 2.44. The average Bonchev–Trinajstić information content (AvgIpc) is 3.25. The summed E-state index contributed by atoms with van der Waals surface area (Å²) < 4.78 is 41.9. The van der Waals surface area contributed by atoms with Gasteiger partial charge in [0.1, 0.15) is 11.6 Å². The van der Waals surface area contributed by atoms with Crippen LogP contribution in [0.25, 0.3) is 27.7 Å². The van der Waals surface area contributed by atoms with Crippen molar-refractivity contribution in [3.05, 3.63) is 53.0 Å².